The van der Waals surface area contributed by atoms with Crippen LogP contribution in [0.5, 0.6) is 0 Å². The van der Waals surface area contributed by atoms with Crippen LogP contribution in [0.1, 0.15) is 0 Å². The predicted octanol–water partition coefficient (Wildman–Crippen LogP) is 2.42. The number of amides is 1. The molecule has 3 N–H and O–H groups in total. The highest BCUT2D eigenvalue weighted by molar-refractivity contribution is 6.08. The molecule has 0 aliphatic rings. The minimum absolute atomic E-state index is 0. The van der Waals surface area contributed by atoms with Crippen LogP contribution in [-0.4, -0.2) is 35.1 Å². The number of benzene rings is 2. The molecule has 0 radical (unpaired) electrons. The number of hydrogen-bond donors (Lipinski definition) is 3. The van der Waals surface area contributed by atoms with E-state index < -0.39 is 12.5 Å². The smallest absolute Gasteiger partial charge is 0.322 e. The van der Waals surface area contributed by atoms with Gasteiger partial charge in [0.2, 0.25) is 5.91 Å². The molecule has 3 aromatic rings. The van der Waals surface area contributed by atoms with Gasteiger partial charge in [0.05, 0.1) is 23.3 Å². The van der Waals surface area contributed by atoms with E-state index in [1.54, 1.807) is 0 Å². The number of rotatable bonds is 5. The number of carbonyl (C=O) groups excluding carboxylic acids is 1. The van der Waals surface area contributed by atoms with Crippen LogP contribution < -0.4 is 10.6 Å². The van der Waals surface area contributed by atoms with Crippen molar-refractivity contribution in [2.24, 2.45) is 0 Å². The van der Waals surface area contributed by atoms with Crippen molar-refractivity contribution in [2.45, 2.75) is 0 Å². The van der Waals surface area contributed by atoms with Crippen LogP contribution in [-0.2, 0) is 9.59 Å². The van der Waals surface area contributed by atoms with Gasteiger partial charge in [-0.2, -0.15) is 0 Å². The van der Waals surface area contributed by atoms with E-state index in [-0.39, 0.29) is 24.9 Å². The summed E-state index contributed by atoms with van der Waals surface area (Å²) in [5.41, 5.74) is 2.48. The van der Waals surface area contributed by atoms with Gasteiger partial charge in [-0.1, -0.05) is 36.4 Å². The van der Waals surface area contributed by atoms with Gasteiger partial charge in [-0.15, -0.1) is 12.4 Å². The van der Waals surface area contributed by atoms with Crippen molar-refractivity contribution in [3.05, 3.63) is 48.5 Å². The number of carboxylic acid groups (broad SMARTS) is 1. The molecular formula is C17H16ClN3O3. The number of carboxylic acids is 1. The molecule has 3 rings (SSSR count). The maximum Gasteiger partial charge on any atom is 0.322 e. The van der Waals surface area contributed by atoms with Gasteiger partial charge in [0.25, 0.3) is 0 Å². The van der Waals surface area contributed by atoms with Crippen LogP contribution in [0.25, 0.3) is 21.8 Å². The molecule has 0 atom stereocenters. The molecule has 0 fully saturated rings. The highest BCUT2D eigenvalue weighted by Crippen LogP contribution is 2.30. The van der Waals surface area contributed by atoms with E-state index in [2.05, 4.69) is 15.6 Å². The van der Waals surface area contributed by atoms with Gasteiger partial charge in [-0.3, -0.25) is 9.59 Å². The molecular weight excluding hydrogens is 330 g/mol. The molecule has 1 aromatic heterocycles. The molecule has 0 bridgehead atoms. The molecule has 1 amide bonds. The number of aromatic nitrogens is 1. The fraction of sp³-hybridized carbons (Fsp3) is 0.118. The fourth-order valence-electron chi connectivity index (χ4n) is 2.44. The minimum atomic E-state index is -1.07. The number of halogens is 1. The molecule has 124 valence electrons. The summed E-state index contributed by atoms with van der Waals surface area (Å²) in [4.78, 5) is 26.8. The lowest BCUT2D eigenvalue weighted by Gasteiger charge is -2.13. The molecule has 0 aliphatic carbocycles. The second-order valence-corrected chi connectivity index (χ2v) is 5.05. The summed E-state index contributed by atoms with van der Waals surface area (Å²) in [6.07, 6.45) is 0. The Morgan fingerprint density at radius 1 is 0.917 bits per heavy atom. The van der Waals surface area contributed by atoms with E-state index in [1.165, 1.54) is 0 Å². The Balaban J connectivity index is 0.00000208. The van der Waals surface area contributed by atoms with Crippen molar-refractivity contribution in [2.75, 3.05) is 18.4 Å². The van der Waals surface area contributed by atoms with E-state index in [0.717, 1.165) is 27.5 Å². The van der Waals surface area contributed by atoms with Crippen molar-refractivity contribution in [3.8, 4) is 0 Å². The lowest BCUT2D eigenvalue weighted by atomic mass is 10.1. The third-order valence-electron chi connectivity index (χ3n) is 3.45. The monoisotopic (exact) mass is 345 g/mol. The van der Waals surface area contributed by atoms with Gasteiger partial charge in [0, 0.05) is 10.8 Å². The Bertz CT molecular complexity index is 845. The highest BCUT2D eigenvalue weighted by Gasteiger charge is 2.10. The normalized spacial score (nSPS) is 10.2. The third-order valence-corrected chi connectivity index (χ3v) is 3.45. The first-order valence-electron chi connectivity index (χ1n) is 7.15. The molecule has 2 aromatic carbocycles. The number of hydrogen-bond acceptors (Lipinski definition) is 4. The number of aliphatic carboxylic acids is 1. The van der Waals surface area contributed by atoms with Crippen molar-refractivity contribution in [1.82, 2.24) is 10.3 Å². The quantitative estimate of drug-likeness (QED) is 0.618. The summed E-state index contributed by atoms with van der Waals surface area (Å²) in [7, 11) is 0. The van der Waals surface area contributed by atoms with E-state index in [9.17, 15) is 9.59 Å². The Morgan fingerprint density at radius 2 is 1.46 bits per heavy atom. The molecule has 0 unspecified atom stereocenters. The molecule has 24 heavy (non-hydrogen) atoms. The molecule has 7 heteroatoms. The first kappa shape index (κ1) is 17.5. The second-order valence-electron chi connectivity index (χ2n) is 5.05. The first-order valence-corrected chi connectivity index (χ1v) is 7.15. The largest absolute Gasteiger partial charge is 0.480 e. The van der Waals surface area contributed by atoms with Gasteiger partial charge in [0.15, 0.2) is 0 Å². The summed E-state index contributed by atoms with van der Waals surface area (Å²) in [5.74, 6) is -1.45. The number of carbonyl (C=O) groups is 2. The van der Waals surface area contributed by atoms with Crippen LogP contribution in [0.2, 0.25) is 0 Å². The number of pyridine rings is 1. The minimum Gasteiger partial charge on any atom is -0.480 e. The maximum absolute atomic E-state index is 11.7. The number of anilines is 1. The molecule has 0 saturated heterocycles. The predicted molar refractivity (Wildman–Crippen MR) is 95.6 cm³/mol. The average molecular weight is 346 g/mol. The topological polar surface area (TPSA) is 91.3 Å². The average Bonchev–Trinajstić information content (AvgIpc) is 2.56. The zero-order chi connectivity index (χ0) is 16.2. The van der Waals surface area contributed by atoms with Crippen molar-refractivity contribution >= 4 is 51.8 Å². The Labute approximate surface area is 144 Å². The van der Waals surface area contributed by atoms with Crippen LogP contribution in [0.3, 0.4) is 0 Å². The van der Waals surface area contributed by atoms with Crippen LogP contribution in [0, 0.1) is 0 Å². The Kier molecular flexibility index (Phi) is 5.55. The van der Waals surface area contributed by atoms with E-state index in [4.69, 9.17) is 5.11 Å². The lowest BCUT2D eigenvalue weighted by Crippen LogP contribution is -2.33. The SMILES string of the molecule is Cl.O=C(O)CNC(=O)CNc1c2ccccc2nc2ccccc12. The number of fused-ring (bicyclic) bond motifs is 2. The highest BCUT2D eigenvalue weighted by atomic mass is 35.5. The standard InChI is InChI=1S/C17H15N3O3.ClH/c21-15(18-10-16(22)23)9-19-17-11-5-1-3-7-13(11)20-14-8-4-2-6-12(14)17;/h1-8H,9-10H2,(H,18,21)(H,19,20)(H,22,23);1H. The van der Waals surface area contributed by atoms with Gasteiger partial charge in [-0.05, 0) is 12.1 Å². The fourth-order valence-corrected chi connectivity index (χ4v) is 2.44. The molecule has 0 spiro atoms. The van der Waals surface area contributed by atoms with Crippen molar-refractivity contribution in [3.63, 3.8) is 0 Å². The Hall–Kier alpha value is -2.86. The lowest BCUT2D eigenvalue weighted by molar-refractivity contribution is -0.137. The van der Waals surface area contributed by atoms with E-state index >= 15 is 0 Å². The molecule has 6 nitrogen and oxygen atoms in total. The number of para-hydroxylation sites is 2. The van der Waals surface area contributed by atoms with Gasteiger partial charge < -0.3 is 15.7 Å². The summed E-state index contributed by atoms with van der Waals surface area (Å²) < 4.78 is 0. The second kappa shape index (κ2) is 7.61. The first-order chi connectivity index (χ1) is 11.1. The Morgan fingerprint density at radius 3 is 2.00 bits per heavy atom. The summed E-state index contributed by atoms with van der Waals surface area (Å²) in [6, 6.07) is 15.3. The number of nitrogens with one attached hydrogen (secondary N) is 2. The maximum atomic E-state index is 11.7. The molecule has 0 saturated carbocycles. The van der Waals surface area contributed by atoms with Crippen LogP contribution in [0.15, 0.2) is 48.5 Å². The van der Waals surface area contributed by atoms with E-state index in [1.807, 2.05) is 48.5 Å². The molecule has 1 heterocycles. The number of nitrogens with zero attached hydrogens (tertiary/aromatic N) is 1. The van der Waals surface area contributed by atoms with Crippen LogP contribution >= 0.6 is 12.4 Å². The summed E-state index contributed by atoms with van der Waals surface area (Å²) >= 11 is 0. The molecule has 0 aliphatic heterocycles. The van der Waals surface area contributed by atoms with Crippen molar-refractivity contribution in [1.29, 1.82) is 0 Å². The van der Waals surface area contributed by atoms with Gasteiger partial charge in [-0.25, -0.2) is 4.98 Å². The van der Waals surface area contributed by atoms with Gasteiger partial charge in [0.1, 0.15) is 6.54 Å². The van der Waals surface area contributed by atoms with Crippen molar-refractivity contribution < 1.29 is 14.7 Å². The zero-order valence-corrected chi connectivity index (χ0v) is 13.5. The third kappa shape index (κ3) is 3.72. The van der Waals surface area contributed by atoms with E-state index in [0.29, 0.717) is 0 Å². The summed E-state index contributed by atoms with van der Waals surface area (Å²) in [6.45, 7) is -0.399. The van der Waals surface area contributed by atoms with Gasteiger partial charge >= 0.3 is 5.97 Å². The van der Waals surface area contributed by atoms with Crippen LogP contribution in [0.4, 0.5) is 5.69 Å². The summed E-state index contributed by atoms with van der Waals surface area (Å²) in [5, 5.41) is 15.9. The zero-order valence-electron chi connectivity index (χ0n) is 12.7.